The molecule has 0 spiro atoms. The minimum atomic E-state index is -0.950. The van der Waals surface area contributed by atoms with Crippen molar-refractivity contribution in [1.82, 2.24) is 0 Å². The number of hydrogen-bond acceptors (Lipinski definition) is 4. The number of fused-ring (bicyclic) bond motifs is 5. The van der Waals surface area contributed by atoms with Crippen LogP contribution in [0.5, 0.6) is 0 Å². The summed E-state index contributed by atoms with van der Waals surface area (Å²) >= 11 is 0. The van der Waals surface area contributed by atoms with E-state index in [0.717, 1.165) is 44.1 Å². The summed E-state index contributed by atoms with van der Waals surface area (Å²) in [5.41, 5.74) is 1.47. The molecular formula is C30H48O4. The lowest BCUT2D eigenvalue weighted by Crippen LogP contribution is -2.66. The van der Waals surface area contributed by atoms with E-state index in [1.807, 2.05) is 6.08 Å². The Labute approximate surface area is 206 Å². The number of carbonyl (C=O) groups is 1. The molecule has 4 nitrogen and oxygen atoms in total. The predicted molar refractivity (Wildman–Crippen MR) is 136 cm³/mol. The van der Waals surface area contributed by atoms with Crippen molar-refractivity contribution < 1.29 is 20.1 Å². The van der Waals surface area contributed by atoms with Crippen LogP contribution in [-0.4, -0.2) is 39.4 Å². The van der Waals surface area contributed by atoms with Crippen molar-refractivity contribution in [1.29, 1.82) is 0 Å². The van der Waals surface area contributed by atoms with Crippen molar-refractivity contribution in [2.24, 2.45) is 45.3 Å². The summed E-state index contributed by atoms with van der Waals surface area (Å²) < 4.78 is 0. The Morgan fingerprint density at radius 2 is 1.65 bits per heavy atom. The molecule has 0 radical (unpaired) electrons. The highest BCUT2D eigenvalue weighted by atomic mass is 16.3. The third kappa shape index (κ3) is 3.45. The van der Waals surface area contributed by atoms with Crippen LogP contribution in [0.2, 0.25) is 0 Å². The molecule has 34 heavy (non-hydrogen) atoms. The van der Waals surface area contributed by atoms with Gasteiger partial charge in [0.05, 0.1) is 6.10 Å². The van der Waals surface area contributed by atoms with E-state index in [1.165, 1.54) is 0 Å². The highest BCUT2D eigenvalue weighted by molar-refractivity contribution is 5.85. The molecule has 10 atom stereocenters. The zero-order valence-electron chi connectivity index (χ0n) is 22.5. The summed E-state index contributed by atoms with van der Waals surface area (Å²) in [5, 5.41) is 32.6. The van der Waals surface area contributed by atoms with Crippen LogP contribution >= 0.6 is 0 Å². The molecule has 4 heteroatoms. The first kappa shape index (κ1) is 26.1. The van der Waals surface area contributed by atoms with Crippen LogP contribution in [0.3, 0.4) is 0 Å². The number of hydrogen-bond donors (Lipinski definition) is 3. The van der Waals surface area contributed by atoms with Crippen molar-refractivity contribution in [3.63, 3.8) is 0 Å². The molecule has 0 aromatic carbocycles. The van der Waals surface area contributed by atoms with Crippen molar-refractivity contribution in [2.45, 2.75) is 112 Å². The number of aliphatic hydroxyl groups excluding tert-OH is 3. The van der Waals surface area contributed by atoms with Gasteiger partial charge in [-0.15, -0.1) is 0 Å². The van der Waals surface area contributed by atoms with Crippen molar-refractivity contribution >= 4 is 5.78 Å². The second-order valence-corrected chi connectivity index (χ2v) is 13.8. The normalized spacial score (nSPS) is 47.9. The third-order valence-electron chi connectivity index (χ3n) is 11.9. The SMILES string of the molecule is C=C(C)C(O)[C@@H](O)/C=C(\C)[C@H]1CC[C@]2(C)[C@@H]1C[C@@H](O)[C@@H]1[C@@]3(C)CCC(=O)C(C)(C)C3CC[C@]12C. The van der Waals surface area contributed by atoms with E-state index < -0.39 is 12.2 Å². The Balaban J connectivity index is 1.68. The quantitative estimate of drug-likeness (QED) is 0.475. The Morgan fingerprint density at radius 3 is 2.26 bits per heavy atom. The summed E-state index contributed by atoms with van der Waals surface area (Å²) in [5.74, 6) is 1.58. The van der Waals surface area contributed by atoms with Gasteiger partial charge < -0.3 is 15.3 Å². The van der Waals surface area contributed by atoms with Gasteiger partial charge in [-0.25, -0.2) is 0 Å². The summed E-state index contributed by atoms with van der Waals surface area (Å²) in [6.07, 6.45) is 6.15. The van der Waals surface area contributed by atoms with Gasteiger partial charge in [0.1, 0.15) is 18.0 Å². The number of aliphatic hydroxyl groups is 3. The fraction of sp³-hybridized carbons (Fsp3) is 0.833. The van der Waals surface area contributed by atoms with Gasteiger partial charge in [-0.3, -0.25) is 4.79 Å². The highest BCUT2D eigenvalue weighted by Crippen LogP contribution is 2.75. The molecule has 4 rings (SSSR count). The molecule has 0 saturated heterocycles. The van der Waals surface area contributed by atoms with E-state index in [1.54, 1.807) is 6.92 Å². The first-order chi connectivity index (χ1) is 15.6. The van der Waals surface area contributed by atoms with E-state index in [4.69, 9.17) is 0 Å². The maximum absolute atomic E-state index is 12.9. The Kier molecular flexibility index (Phi) is 6.36. The average molecular weight is 473 g/mol. The Morgan fingerprint density at radius 1 is 1.03 bits per heavy atom. The number of Topliss-reactive ketones (excluding diaryl/α,β-unsaturated/α-hetero) is 1. The largest absolute Gasteiger partial charge is 0.393 e. The van der Waals surface area contributed by atoms with Gasteiger partial charge in [0, 0.05) is 11.8 Å². The van der Waals surface area contributed by atoms with E-state index >= 15 is 0 Å². The third-order valence-corrected chi connectivity index (χ3v) is 11.9. The summed E-state index contributed by atoms with van der Waals surface area (Å²) in [7, 11) is 0. The van der Waals surface area contributed by atoms with Gasteiger partial charge in [0.2, 0.25) is 0 Å². The molecule has 0 amide bonds. The molecule has 0 aromatic heterocycles. The Bertz CT molecular complexity index is 888. The zero-order chi connectivity index (χ0) is 25.4. The Hall–Kier alpha value is -0.970. The van der Waals surface area contributed by atoms with Gasteiger partial charge in [-0.05, 0) is 97.9 Å². The maximum Gasteiger partial charge on any atom is 0.138 e. The standard InChI is InChI=1S/C30H48O4/c1-17(2)25(34)21(31)15-18(3)19-9-13-29(7)20(19)16-22(32)26-28(6)12-11-24(33)27(4,5)23(28)10-14-30(26,29)8/h15,19-23,25-26,31-32,34H,1,9-14,16H2,2-8H3/b18-15+/t19-,20-,21+,22-,23?,25?,26-,28+,29-,30-/m1/s1. The molecule has 0 heterocycles. The summed E-state index contributed by atoms with van der Waals surface area (Å²) in [6, 6.07) is 0. The number of carbonyl (C=O) groups excluding carboxylic acids is 1. The second kappa shape index (κ2) is 8.28. The predicted octanol–water partition coefficient (Wildman–Crippen LogP) is 5.46. The topological polar surface area (TPSA) is 77.8 Å². The van der Waals surface area contributed by atoms with Gasteiger partial charge in [0.25, 0.3) is 0 Å². The lowest BCUT2D eigenvalue weighted by atomic mass is 9.35. The molecule has 0 aromatic rings. The highest BCUT2D eigenvalue weighted by Gasteiger charge is 2.70. The van der Waals surface area contributed by atoms with Crippen molar-refractivity contribution in [3.05, 3.63) is 23.8 Å². The fourth-order valence-electron chi connectivity index (χ4n) is 9.93. The van der Waals surface area contributed by atoms with Crippen LogP contribution in [-0.2, 0) is 4.79 Å². The van der Waals surface area contributed by atoms with Crippen molar-refractivity contribution in [2.75, 3.05) is 0 Å². The van der Waals surface area contributed by atoms with Crippen LogP contribution in [0.25, 0.3) is 0 Å². The molecular weight excluding hydrogens is 424 g/mol. The molecule has 4 fully saturated rings. The number of ketones is 1. The van der Waals surface area contributed by atoms with Crippen LogP contribution < -0.4 is 0 Å². The molecule has 4 saturated carbocycles. The van der Waals surface area contributed by atoms with Crippen LogP contribution in [0.1, 0.15) is 93.4 Å². The molecule has 4 aliphatic carbocycles. The smallest absolute Gasteiger partial charge is 0.138 e. The summed E-state index contributed by atoms with van der Waals surface area (Å²) in [4.78, 5) is 12.9. The zero-order valence-corrected chi connectivity index (χ0v) is 22.5. The minimum Gasteiger partial charge on any atom is -0.393 e. The fourth-order valence-corrected chi connectivity index (χ4v) is 9.93. The molecule has 4 aliphatic rings. The molecule has 3 N–H and O–H groups in total. The van der Waals surface area contributed by atoms with E-state index in [0.29, 0.717) is 35.5 Å². The van der Waals surface area contributed by atoms with Crippen molar-refractivity contribution in [3.8, 4) is 0 Å². The molecule has 192 valence electrons. The first-order valence-electron chi connectivity index (χ1n) is 13.5. The monoisotopic (exact) mass is 472 g/mol. The van der Waals surface area contributed by atoms with E-state index in [-0.39, 0.29) is 33.7 Å². The number of rotatable bonds is 4. The number of allylic oxidation sites excluding steroid dienone is 1. The van der Waals surface area contributed by atoms with Crippen LogP contribution in [0, 0.1) is 45.3 Å². The van der Waals surface area contributed by atoms with Gasteiger partial charge in [-0.2, -0.15) is 0 Å². The first-order valence-corrected chi connectivity index (χ1v) is 13.5. The summed E-state index contributed by atoms with van der Waals surface area (Å²) in [6.45, 7) is 19.2. The molecule has 0 bridgehead atoms. The van der Waals surface area contributed by atoms with Crippen LogP contribution in [0.4, 0.5) is 0 Å². The van der Waals surface area contributed by atoms with Gasteiger partial charge in [-0.1, -0.05) is 52.8 Å². The molecule has 0 aliphatic heterocycles. The van der Waals surface area contributed by atoms with E-state index in [9.17, 15) is 20.1 Å². The lowest BCUT2D eigenvalue weighted by Gasteiger charge is -2.70. The second-order valence-electron chi connectivity index (χ2n) is 13.8. The lowest BCUT2D eigenvalue weighted by molar-refractivity contribution is -0.236. The van der Waals surface area contributed by atoms with Gasteiger partial charge in [0.15, 0.2) is 0 Å². The average Bonchev–Trinajstić information content (AvgIpc) is 3.08. The maximum atomic E-state index is 12.9. The minimum absolute atomic E-state index is 0.0158. The van der Waals surface area contributed by atoms with Crippen LogP contribution in [0.15, 0.2) is 23.8 Å². The van der Waals surface area contributed by atoms with Gasteiger partial charge >= 0.3 is 0 Å². The molecule has 2 unspecified atom stereocenters. The van der Waals surface area contributed by atoms with E-state index in [2.05, 4.69) is 48.1 Å².